The van der Waals surface area contributed by atoms with Gasteiger partial charge in [0.2, 0.25) is 5.91 Å². The molecule has 1 heterocycles. The number of benzene rings is 1. The first-order valence-electron chi connectivity index (χ1n) is 8.59. The van der Waals surface area contributed by atoms with E-state index in [1.54, 1.807) is 14.1 Å². The number of aliphatic imine (C=N–C) groups is 1. The van der Waals surface area contributed by atoms with E-state index in [0.29, 0.717) is 18.4 Å². The zero-order valence-corrected chi connectivity index (χ0v) is 18.4. The molecule has 6 nitrogen and oxygen atoms in total. The maximum Gasteiger partial charge on any atom is 0.243 e. The lowest BCUT2D eigenvalue weighted by Crippen LogP contribution is -2.41. The van der Waals surface area contributed by atoms with Crippen molar-refractivity contribution in [2.24, 2.45) is 10.9 Å². The Bertz CT molecular complexity index is 592. The molecule has 1 aromatic rings. The van der Waals surface area contributed by atoms with E-state index in [4.69, 9.17) is 16.3 Å². The summed E-state index contributed by atoms with van der Waals surface area (Å²) in [5.41, 5.74) is 1.09. The maximum absolute atomic E-state index is 11.8. The summed E-state index contributed by atoms with van der Waals surface area (Å²) < 4.78 is 5.40. The molecule has 0 bridgehead atoms. The topological polar surface area (TPSA) is 66.0 Å². The molecule has 0 aliphatic carbocycles. The molecule has 0 spiro atoms. The van der Waals surface area contributed by atoms with Crippen molar-refractivity contribution < 1.29 is 9.53 Å². The van der Waals surface area contributed by atoms with Crippen molar-refractivity contribution in [1.82, 2.24) is 15.5 Å². The van der Waals surface area contributed by atoms with Gasteiger partial charge in [0.1, 0.15) is 6.54 Å². The third-order valence-corrected chi connectivity index (χ3v) is 4.47. The number of rotatable bonds is 7. The number of ether oxygens (including phenoxy) is 1. The molecule has 1 aliphatic heterocycles. The first-order valence-corrected chi connectivity index (χ1v) is 8.97. The van der Waals surface area contributed by atoms with Gasteiger partial charge in [-0.25, -0.2) is 4.99 Å². The van der Waals surface area contributed by atoms with E-state index in [1.165, 1.54) is 4.90 Å². The van der Waals surface area contributed by atoms with Crippen LogP contribution in [0, 0.1) is 5.92 Å². The fourth-order valence-electron chi connectivity index (χ4n) is 2.46. The summed E-state index contributed by atoms with van der Waals surface area (Å²) in [5.74, 6) is 1.10. The van der Waals surface area contributed by atoms with Gasteiger partial charge in [-0.05, 0) is 24.5 Å². The van der Waals surface area contributed by atoms with Crippen LogP contribution in [0.15, 0.2) is 29.3 Å². The van der Waals surface area contributed by atoms with Gasteiger partial charge in [0, 0.05) is 44.7 Å². The van der Waals surface area contributed by atoms with Gasteiger partial charge < -0.3 is 20.3 Å². The van der Waals surface area contributed by atoms with Crippen molar-refractivity contribution in [2.45, 2.75) is 12.8 Å². The summed E-state index contributed by atoms with van der Waals surface area (Å²) in [6.07, 6.45) is 1.84. The lowest BCUT2D eigenvalue weighted by Gasteiger charge is -2.16. The van der Waals surface area contributed by atoms with Gasteiger partial charge in [0.05, 0.1) is 6.61 Å². The SMILES string of the molecule is CN(C)C(=O)CN=C(NCCc1ccccc1Cl)NCC1CCOC1.I. The van der Waals surface area contributed by atoms with E-state index in [-0.39, 0.29) is 36.4 Å². The molecule has 0 saturated carbocycles. The highest BCUT2D eigenvalue weighted by molar-refractivity contribution is 14.0. The minimum atomic E-state index is -0.0311. The zero-order valence-electron chi connectivity index (χ0n) is 15.3. The number of nitrogens with zero attached hydrogens (tertiary/aromatic N) is 2. The van der Waals surface area contributed by atoms with Crippen molar-refractivity contribution in [2.75, 3.05) is 46.9 Å². The van der Waals surface area contributed by atoms with Crippen LogP contribution in [0.4, 0.5) is 0 Å². The van der Waals surface area contributed by atoms with Crippen LogP contribution in [0.1, 0.15) is 12.0 Å². The first kappa shape index (κ1) is 23.0. The van der Waals surface area contributed by atoms with Crippen LogP contribution in [0.5, 0.6) is 0 Å². The van der Waals surface area contributed by atoms with Crippen molar-refractivity contribution in [1.29, 1.82) is 0 Å². The van der Waals surface area contributed by atoms with E-state index in [1.807, 2.05) is 24.3 Å². The van der Waals surface area contributed by atoms with Crippen molar-refractivity contribution >= 4 is 47.4 Å². The normalized spacial score (nSPS) is 16.7. The predicted molar refractivity (Wildman–Crippen MR) is 116 cm³/mol. The Labute approximate surface area is 177 Å². The summed E-state index contributed by atoms with van der Waals surface area (Å²) in [5, 5.41) is 7.36. The van der Waals surface area contributed by atoms with Gasteiger partial charge in [-0.1, -0.05) is 29.8 Å². The monoisotopic (exact) mass is 494 g/mol. The largest absolute Gasteiger partial charge is 0.381 e. The van der Waals surface area contributed by atoms with Crippen LogP contribution in [0.25, 0.3) is 0 Å². The van der Waals surface area contributed by atoms with Crippen LogP contribution in [0.3, 0.4) is 0 Å². The zero-order chi connectivity index (χ0) is 18.1. The number of nitrogens with one attached hydrogen (secondary N) is 2. The molecular weight excluding hydrogens is 467 g/mol. The Kier molecular flexibility index (Phi) is 10.9. The van der Waals surface area contributed by atoms with Crippen LogP contribution >= 0.6 is 35.6 Å². The second-order valence-electron chi connectivity index (χ2n) is 6.33. The number of guanidine groups is 1. The number of halogens is 2. The van der Waals surface area contributed by atoms with E-state index < -0.39 is 0 Å². The van der Waals surface area contributed by atoms with Gasteiger partial charge in [-0.15, -0.1) is 24.0 Å². The smallest absolute Gasteiger partial charge is 0.243 e. The summed E-state index contributed by atoms with van der Waals surface area (Å²) in [6.45, 7) is 3.19. The molecular formula is C18H28ClIN4O2. The average Bonchev–Trinajstić information content (AvgIpc) is 3.11. The highest BCUT2D eigenvalue weighted by atomic mass is 127. The van der Waals surface area contributed by atoms with E-state index in [0.717, 1.165) is 43.2 Å². The van der Waals surface area contributed by atoms with Gasteiger partial charge >= 0.3 is 0 Å². The van der Waals surface area contributed by atoms with Gasteiger partial charge in [0.15, 0.2) is 5.96 Å². The van der Waals surface area contributed by atoms with Crippen molar-refractivity contribution in [3.63, 3.8) is 0 Å². The predicted octanol–water partition coefficient (Wildman–Crippen LogP) is 2.16. The van der Waals surface area contributed by atoms with Crippen molar-refractivity contribution in [3.8, 4) is 0 Å². The Hall–Kier alpha value is -1.06. The second-order valence-corrected chi connectivity index (χ2v) is 6.74. The number of amides is 1. The Balaban J connectivity index is 0.00000338. The molecule has 146 valence electrons. The number of carbonyl (C=O) groups is 1. The fraction of sp³-hybridized carbons (Fsp3) is 0.556. The lowest BCUT2D eigenvalue weighted by molar-refractivity contribution is -0.127. The molecule has 1 saturated heterocycles. The number of carbonyl (C=O) groups excluding carboxylic acids is 1. The molecule has 2 rings (SSSR count). The van der Waals surface area contributed by atoms with Crippen molar-refractivity contribution in [3.05, 3.63) is 34.9 Å². The molecule has 2 N–H and O–H groups in total. The third kappa shape index (κ3) is 8.09. The second kappa shape index (κ2) is 12.3. The Morgan fingerprint density at radius 2 is 2.12 bits per heavy atom. The summed E-state index contributed by atoms with van der Waals surface area (Å²) >= 11 is 6.19. The van der Waals surface area contributed by atoms with Crippen LogP contribution in [0.2, 0.25) is 5.02 Å². The van der Waals surface area contributed by atoms with Crippen LogP contribution in [-0.4, -0.2) is 63.7 Å². The number of hydrogen-bond acceptors (Lipinski definition) is 3. The molecule has 26 heavy (non-hydrogen) atoms. The average molecular weight is 495 g/mol. The summed E-state index contributed by atoms with van der Waals surface area (Å²) in [4.78, 5) is 17.7. The first-order chi connectivity index (χ1) is 12.1. The van der Waals surface area contributed by atoms with Gasteiger partial charge in [-0.2, -0.15) is 0 Å². The minimum Gasteiger partial charge on any atom is -0.381 e. The van der Waals surface area contributed by atoms with Crippen LogP contribution in [-0.2, 0) is 16.0 Å². The Morgan fingerprint density at radius 3 is 2.77 bits per heavy atom. The summed E-state index contributed by atoms with van der Waals surface area (Å²) in [6, 6.07) is 7.80. The Morgan fingerprint density at radius 1 is 1.35 bits per heavy atom. The third-order valence-electron chi connectivity index (χ3n) is 4.10. The highest BCUT2D eigenvalue weighted by Gasteiger charge is 2.16. The van der Waals surface area contributed by atoms with Gasteiger partial charge in [0.25, 0.3) is 0 Å². The molecule has 8 heteroatoms. The summed E-state index contributed by atoms with van der Waals surface area (Å²) in [7, 11) is 3.46. The van der Waals surface area contributed by atoms with E-state index >= 15 is 0 Å². The highest BCUT2D eigenvalue weighted by Crippen LogP contribution is 2.14. The van der Waals surface area contributed by atoms with Crippen LogP contribution < -0.4 is 10.6 Å². The maximum atomic E-state index is 11.8. The molecule has 1 unspecified atom stereocenters. The standard InChI is InChI=1S/C18H27ClN4O2.HI/c1-23(2)17(24)12-22-18(21-11-14-8-10-25-13-14)20-9-7-15-5-3-4-6-16(15)19;/h3-6,14H,7-13H2,1-2H3,(H2,20,21,22);1H. The fourth-order valence-corrected chi connectivity index (χ4v) is 2.69. The molecule has 1 atom stereocenters. The van der Waals surface area contributed by atoms with E-state index in [9.17, 15) is 4.79 Å². The van der Waals surface area contributed by atoms with E-state index in [2.05, 4.69) is 15.6 Å². The number of likely N-dealkylation sites (N-methyl/N-ethyl adjacent to an activating group) is 1. The molecule has 1 aromatic carbocycles. The molecule has 0 aromatic heterocycles. The molecule has 1 fully saturated rings. The molecule has 1 aliphatic rings. The van der Waals surface area contributed by atoms with Gasteiger partial charge in [-0.3, -0.25) is 4.79 Å². The minimum absolute atomic E-state index is 0. The quantitative estimate of drug-likeness (QED) is 0.346. The molecule has 0 radical (unpaired) electrons. The lowest BCUT2D eigenvalue weighted by atomic mass is 10.1. The number of hydrogen-bond donors (Lipinski definition) is 2. The molecule has 1 amide bonds.